The number of unbranched alkanes of at least 4 members (excludes halogenated alkanes) is 4. The highest BCUT2D eigenvalue weighted by Crippen LogP contribution is 2.22. The zero-order valence-electron chi connectivity index (χ0n) is 22.8. The van der Waals surface area contributed by atoms with Crippen LogP contribution in [0.15, 0.2) is 33.9 Å². The summed E-state index contributed by atoms with van der Waals surface area (Å²) in [7, 11) is 0. The summed E-state index contributed by atoms with van der Waals surface area (Å²) < 4.78 is 45.4. The minimum absolute atomic E-state index is 0.0806. The lowest BCUT2D eigenvalue weighted by molar-refractivity contribution is -0.320. The number of carbonyl (C=O) groups excluding carboxylic acids is 1. The topological polar surface area (TPSA) is 118 Å². The molecule has 0 fully saturated rings. The van der Waals surface area contributed by atoms with Crippen molar-refractivity contribution < 1.29 is 27.8 Å². The van der Waals surface area contributed by atoms with Crippen molar-refractivity contribution in [2.24, 2.45) is 0 Å². The van der Waals surface area contributed by atoms with E-state index >= 15 is 0 Å². The molecule has 2 aromatic rings. The lowest BCUT2D eigenvalue weighted by Gasteiger charge is -2.27. The van der Waals surface area contributed by atoms with Crippen molar-refractivity contribution in [2.75, 3.05) is 11.9 Å². The van der Waals surface area contributed by atoms with Gasteiger partial charge in [0.05, 0.1) is 5.97 Å². The van der Waals surface area contributed by atoms with E-state index < -0.39 is 35.4 Å². The van der Waals surface area contributed by atoms with Crippen molar-refractivity contribution in [3.63, 3.8) is 0 Å². The highest BCUT2D eigenvalue weighted by Gasteiger charge is 2.26. The molecule has 1 aromatic carbocycles. The van der Waals surface area contributed by atoms with Crippen LogP contribution in [-0.2, 0) is 24.3 Å². The second-order valence-corrected chi connectivity index (χ2v) is 10.0. The Balaban J connectivity index is 2.08. The van der Waals surface area contributed by atoms with Crippen molar-refractivity contribution in [3.05, 3.63) is 50.7 Å². The molecule has 12 heteroatoms. The summed E-state index contributed by atoms with van der Waals surface area (Å²) in [6, 6.07) is 6.95. The van der Waals surface area contributed by atoms with Gasteiger partial charge >= 0.3 is 11.9 Å². The Hall–Kier alpha value is -3.31. The average Bonchev–Trinajstić information content (AvgIpc) is 2.85. The number of hydrogen-bond donors (Lipinski definition) is 1. The fourth-order valence-corrected chi connectivity index (χ4v) is 3.92. The van der Waals surface area contributed by atoms with E-state index in [1.54, 1.807) is 18.2 Å². The molecule has 0 amide bonds. The van der Waals surface area contributed by atoms with Crippen LogP contribution in [0.25, 0.3) is 0 Å². The molecule has 1 aromatic heterocycles. The lowest BCUT2D eigenvalue weighted by Crippen LogP contribution is -2.47. The first-order chi connectivity index (χ1) is 18.3. The number of carboxylic acids is 1. The van der Waals surface area contributed by atoms with Crippen molar-refractivity contribution in [1.82, 2.24) is 14.3 Å². The molecule has 0 aliphatic heterocycles. The zero-order chi connectivity index (χ0) is 29.1. The van der Waals surface area contributed by atoms with E-state index in [9.17, 15) is 32.7 Å². The SMILES string of the molecule is CCCCCCCn1c(=O)c(NCCCc2cccc(OC(C)(C)C(=O)[O-])c2)nn(CCCC(F)(F)F)c1=O. The Labute approximate surface area is 226 Å². The highest BCUT2D eigenvalue weighted by molar-refractivity contribution is 5.74. The maximum atomic E-state index is 13.0. The first-order valence-corrected chi connectivity index (χ1v) is 13.4. The highest BCUT2D eigenvalue weighted by atomic mass is 19.4. The van der Waals surface area contributed by atoms with Crippen molar-refractivity contribution in [3.8, 4) is 5.75 Å². The van der Waals surface area contributed by atoms with Gasteiger partial charge in [-0.1, -0.05) is 44.7 Å². The molecule has 0 unspecified atom stereocenters. The van der Waals surface area contributed by atoms with Gasteiger partial charge in [-0.3, -0.25) is 9.36 Å². The van der Waals surface area contributed by atoms with Gasteiger partial charge < -0.3 is 20.0 Å². The number of aromatic nitrogens is 3. The summed E-state index contributed by atoms with van der Waals surface area (Å²) in [6.45, 7) is 5.10. The fourth-order valence-electron chi connectivity index (χ4n) is 3.92. The fraction of sp³-hybridized carbons (Fsp3) is 0.630. The number of benzene rings is 1. The van der Waals surface area contributed by atoms with Crippen molar-refractivity contribution in [2.45, 2.75) is 103 Å². The molecule has 0 atom stereocenters. The number of halogens is 3. The van der Waals surface area contributed by atoms with Gasteiger partial charge in [-0.05, 0) is 57.2 Å². The summed E-state index contributed by atoms with van der Waals surface area (Å²) >= 11 is 0. The Morgan fingerprint density at radius 3 is 2.44 bits per heavy atom. The summed E-state index contributed by atoms with van der Waals surface area (Å²) in [6.07, 6.45) is -0.102. The zero-order valence-corrected chi connectivity index (χ0v) is 22.8. The molecule has 39 heavy (non-hydrogen) atoms. The second-order valence-electron chi connectivity index (χ2n) is 10.0. The van der Waals surface area contributed by atoms with E-state index in [0.717, 1.165) is 40.5 Å². The maximum Gasteiger partial charge on any atom is 0.389 e. The van der Waals surface area contributed by atoms with Gasteiger partial charge in [-0.2, -0.15) is 13.2 Å². The van der Waals surface area contributed by atoms with E-state index in [-0.39, 0.29) is 25.3 Å². The van der Waals surface area contributed by atoms with Crippen LogP contribution in [0.1, 0.15) is 77.7 Å². The Bertz CT molecular complexity index is 1190. The first kappa shape index (κ1) is 31.9. The average molecular weight is 556 g/mol. The number of ether oxygens (including phenoxy) is 1. The van der Waals surface area contributed by atoms with E-state index in [0.29, 0.717) is 31.6 Å². The van der Waals surface area contributed by atoms with Crippen LogP contribution in [0, 0.1) is 0 Å². The molecule has 0 bridgehead atoms. The molecule has 0 saturated carbocycles. The molecular weight excluding hydrogens is 517 g/mol. The number of carbonyl (C=O) groups is 1. The van der Waals surface area contributed by atoms with Crippen LogP contribution in [0.5, 0.6) is 5.75 Å². The summed E-state index contributed by atoms with van der Waals surface area (Å²) in [5.41, 5.74) is -1.93. The number of rotatable bonds is 17. The van der Waals surface area contributed by atoms with E-state index in [4.69, 9.17) is 4.74 Å². The minimum Gasteiger partial charge on any atom is -0.546 e. The van der Waals surface area contributed by atoms with Gasteiger partial charge in [-0.15, -0.1) is 5.10 Å². The van der Waals surface area contributed by atoms with Crippen LogP contribution >= 0.6 is 0 Å². The van der Waals surface area contributed by atoms with Gasteiger partial charge in [-0.25, -0.2) is 9.48 Å². The van der Waals surface area contributed by atoms with Gasteiger partial charge in [0.25, 0.3) is 5.56 Å². The molecular formula is C27H38F3N4O5-. The molecule has 0 saturated heterocycles. The Morgan fingerprint density at radius 1 is 1.05 bits per heavy atom. The van der Waals surface area contributed by atoms with Crippen LogP contribution in [0.4, 0.5) is 19.0 Å². The van der Waals surface area contributed by atoms with E-state index in [1.807, 2.05) is 6.07 Å². The minimum atomic E-state index is -4.35. The molecule has 218 valence electrons. The van der Waals surface area contributed by atoms with Gasteiger partial charge in [0.15, 0.2) is 0 Å². The number of carboxylic acid groups (broad SMARTS) is 1. The quantitative estimate of drug-likeness (QED) is 0.296. The van der Waals surface area contributed by atoms with Crippen molar-refractivity contribution in [1.29, 1.82) is 0 Å². The normalized spacial score (nSPS) is 11.9. The molecule has 0 aliphatic rings. The number of anilines is 1. The largest absolute Gasteiger partial charge is 0.546 e. The van der Waals surface area contributed by atoms with Crippen LogP contribution in [0.3, 0.4) is 0 Å². The predicted molar refractivity (Wildman–Crippen MR) is 140 cm³/mol. The molecule has 9 nitrogen and oxygen atoms in total. The van der Waals surface area contributed by atoms with Crippen molar-refractivity contribution >= 4 is 11.8 Å². The Morgan fingerprint density at radius 2 is 1.77 bits per heavy atom. The number of nitrogens with one attached hydrogen (secondary N) is 1. The van der Waals surface area contributed by atoms with Gasteiger partial charge in [0, 0.05) is 26.1 Å². The summed E-state index contributed by atoms with van der Waals surface area (Å²) in [4.78, 5) is 37.0. The van der Waals surface area contributed by atoms with Gasteiger partial charge in [0.1, 0.15) is 11.4 Å². The van der Waals surface area contributed by atoms with Gasteiger partial charge in [0.2, 0.25) is 5.82 Å². The molecule has 1 heterocycles. The molecule has 0 spiro atoms. The Kier molecular flexibility index (Phi) is 12.1. The summed E-state index contributed by atoms with van der Waals surface area (Å²) in [5.74, 6) is -1.04. The molecule has 2 rings (SSSR count). The first-order valence-electron chi connectivity index (χ1n) is 13.4. The smallest absolute Gasteiger partial charge is 0.389 e. The van der Waals surface area contributed by atoms with Crippen LogP contribution in [0.2, 0.25) is 0 Å². The van der Waals surface area contributed by atoms with E-state index in [2.05, 4.69) is 17.3 Å². The van der Waals surface area contributed by atoms with Crippen LogP contribution in [-0.4, -0.2) is 38.6 Å². The summed E-state index contributed by atoms with van der Waals surface area (Å²) in [5, 5.41) is 18.2. The van der Waals surface area contributed by atoms with Crippen LogP contribution < -0.4 is 26.4 Å². The number of aliphatic carboxylic acids is 1. The number of hydrogen-bond acceptors (Lipinski definition) is 7. The molecule has 0 aliphatic carbocycles. The third kappa shape index (κ3) is 10.8. The van der Waals surface area contributed by atoms with E-state index in [1.165, 1.54) is 13.8 Å². The third-order valence-corrected chi connectivity index (χ3v) is 6.13. The number of aryl methyl sites for hydroxylation is 2. The molecule has 0 radical (unpaired) electrons. The third-order valence-electron chi connectivity index (χ3n) is 6.13. The predicted octanol–water partition coefficient (Wildman–Crippen LogP) is 3.67. The lowest BCUT2D eigenvalue weighted by atomic mass is 10.1. The maximum absolute atomic E-state index is 13.0. The monoisotopic (exact) mass is 555 g/mol. The standard InChI is InChI=1S/C27H39F3N4O5/c1-4-5-6-7-8-17-33-23(35)22(32-34(25(33)38)18-11-15-27(28,29)30)31-16-10-13-20-12-9-14-21(19-20)39-26(2,3)24(36)37/h9,12,14,19H,4-8,10-11,13,15-18H2,1-3H3,(H,31,32)(H,36,37)/p-1. The molecule has 1 N–H and O–H groups in total. The number of nitrogens with zero attached hydrogens (tertiary/aromatic N) is 3. The number of alkyl halides is 3. The second kappa shape index (κ2) is 14.7.